The van der Waals surface area contributed by atoms with Crippen LogP contribution in [0.1, 0.15) is 11.1 Å². The lowest BCUT2D eigenvalue weighted by atomic mass is 10.2. The zero-order chi connectivity index (χ0) is 21.2. The highest BCUT2D eigenvalue weighted by molar-refractivity contribution is 7.84. The van der Waals surface area contributed by atoms with Crippen molar-refractivity contribution in [3.63, 3.8) is 0 Å². The Hall–Kier alpha value is -2.25. The van der Waals surface area contributed by atoms with Gasteiger partial charge in [0.25, 0.3) is 5.84 Å². The van der Waals surface area contributed by atoms with Gasteiger partial charge in [0.1, 0.15) is 20.6 Å². The van der Waals surface area contributed by atoms with Crippen molar-refractivity contribution in [1.29, 1.82) is 0 Å². The first kappa shape index (κ1) is 21.5. The summed E-state index contributed by atoms with van der Waals surface area (Å²) in [7, 11) is -3.89. The Morgan fingerprint density at radius 1 is 0.966 bits per heavy atom. The predicted molar refractivity (Wildman–Crippen MR) is 117 cm³/mol. The van der Waals surface area contributed by atoms with Gasteiger partial charge in [-0.25, -0.2) is 5.32 Å². The molecule has 0 radical (unpaired) electrons. The Morgan fingerprint density at radius 2 is 1.59 bits per heavy atom. The van der Waals surface area contributed by atoms with Crippen LogP contribution >= 0.6 is 34.8 Å². The van der Waals surface area contributed by atoms with E-state index in [1.165, 1.54) is 18.2 Å². The van der Waals surface area contributed by atoms with Crippen LogP contribution in [-0.4, -0.2) is 19.4 Å². The van der Waals surface area contributed by atoms with Crippen LogP contribution in [0.4, 0.5) is 5.69 Å². The summed E-state index contributed by atoms with van der Waals surface area (Å²) in [6.07, 6.45) is 0. The highest BCUT2D eigenvalue weighted by Gasteiger charge is 2.23. The summed E-state index contributed by atoms with van der Waals surface area (Å²) in [6.45, 7) is 1.87. The summed E-state index contributed by atoms with van der Waals surface area (Å²) in [5.41, 5.74) is 1.72. The van der Waals surface area contributed by atoms with Crippen molar-refractivity contribution in [3.8, 4) is 5.75 Å². The molecule has 0 amide bonds. The van der Waals surface area contributed by atoms with Gasteiger partial charge in [0.2, 0.25) is 0 Å². The van der Waals surface area contributed by atoms with Crippen LogP contribution in [0.3, 0.4) is 0 Å². The fourth-order valence-electron chi connectivity index (χ4n) is 2.48. The van der Waals surface area contributed by atoms with Crippen molar-refractivity contribution in [1.82, 2.24) is 0 Å². The van der Waals surface area contributed by atoms with E-state index in [2.05, 4.69) is 9.71 Å². The molecule has 0 bridgehead atoms. The number of sulfonamides is 1. The average molecular weight is 471 g/mol. The molecule has 3 N–H and O–H groups in total. The average Bonchev–Trinajstić information content (AvgIpc) is 2.70. The number of anilines is 1. The first-order valence-corrected chi connectivity index (χ1v) is 11.0. The Morgan fingerprint density at radius 3 is 2.21 bits per heavy atom. The number of rotatable bonds is 4. The van der Waals surface area contributed by atoms with Crippen molar-refractivity contribution >= 4 is 56.3 Å². The number of amidine groups is 1. The van der Waals surface area contributed by atoms with E-state index in [4.69, 9.17) is 34.8 Å². The van der Waals surface area contributed by atoms with Gasteiger partial charge >= 0.3 is 10.0 Å². The third kappa shape index (κ3) is 4.85. The highest BCUT2D eigenvalue weighted by Crippen LogP contribution is 2.42. The summed E-state index contributed by atoms with van der Waals surface area (Å²) in [5, 5.41) is 12.6. The van der Waals surface area contributed by atoms with Gasteiger partial charge in [0.05, 0.1) is 10.6 Å². The minimum atomic E-state index is -3.89. The van der Waals surface area contributed by atoms with Crippen molar-refractivity contribution in [2.45, 2.75) is 11.8 Å². The third-order valence-electron chi connectivity index (χ3n) is 4.02. The van der Waals surface area contributed by atoms with Crippen molar-refractivity contribution in [3.05, 3.63) is 86.9 Å². The van der Waals surface area contributed by atoms with E-state index >= 15 is 0 Å². The molecule has 0 aromatic heterocycles. The molecular weight excluding hydrogens is 455 g/mol. The van der Waals surface area contributed by atoms with Gasteiger partial charge in [-0.2, -0.15) is 12.8 Å². The SMILES string of the molecule is Cc1ccc(S(=O)(=O)[NH+]=C(Nc2cc(Cl)c(O)c(Cl)c2Cl)c2ccccc2)cc1. The number of hydrogen-bond donors (Lipinski definition) is 3. The highest BCUT2D eigenvalue weighted by atomic mass is 35.5. The lowest BCUT2D eigenvalue weighted by molar-refractivity contribution is -0.266. The molecule has 3 aromatic rings. The summed E-state index contributed by atoms with van der Waals surface area (Å²) in [4.78, 5) is 0.103. The molecule has 0 aliphatic heterocycles. The van der Waals surface area contributed by atoms with E-state index in [9.17, 15) is 13.5 Å². The molecule has 0 saturated carbocycles. The van der Waals surface area contributed by atoms with Crippen LogP contribution in [-0.2, 0) is 10.0 Å². The Balaban J connectivity index is 2.12. The maximum atomic E-state index is 12.9. The second kappa shape index (κ2) is 8.63. The van der Waals surface area contributed by atoms with E-state index in [-0.39, 0.29) is 37.2 Å². The molecule has 3 aromatic carbocycles. The first-order valence-electron chi connectivity index (χ1n) is 8.34. The second-order valence-electron chi connectivity index (χ2n) is 6.17. The van der Waals surface area contributed by atoms with Gasteiger partial charge < -0.3 is 5.11 Å². The quantitative estimate of drug-likeness (QED) is 0.233. The lowest BCUT2D eigenvalue weighted by Gasteiger charge is -2.09. The molecule has 150 valence electrons. The van der Waals surface area contributed by atoms with Gasteiger partial charge in [0.15, 0.2) is 5.75 Å². The molecule has 0 fully saturated rings. The van der Waals surface area contributed by atoms with Gasteiger partial charge in [-0.05, 0) is 31.2 Å². The molecule has 9 heteroatoms. The third-order valence-corrected chi connectivity index (χ3v) is 6.54. The van der Waals surface area contributed by atoms with Crippen molar-refractivity contribution in [2.24, 2.45) is 0 Å². The predicted octanol–water partition coefficient (Wildman–Crippen LogP) is 3.99. The standard InChI is InChI=1S/C20H15Cl3N2O3S/c1-12-7-9-14(10-8-12)29(27,28)25-20(13-5-3-2-4-6-13)24-16-11-15(21)19(26)18(23)17(16)22/h2-11,26H,1H3,(H,24,25)/p+1. The maximum absolute atomic E-state index is 12.9. The molecule has 0 heterocycles. The molecule has 0 unspecified atom stereocenters. The molecule has 29 heavy (non-hydrogen) atoms. The number of aromatic hydroxyl groups is 1. The van der Waals surface area contributed by atoms with Gasteiger partial charge in [-0.1, -0.05) is 70.7 Å². The van der Waals surface area contributed by atoms with E-state index < -0.39 is 10.0 Å². The zero-order valence-corrected chi connectivity index (χ0v) is 18.2. The first-order chi connectivity index (χ1) is 13.7. The van der Waals surface area contributed by atoms with Crippen LogP contribution in [0.5, 0.6) is 5.75 Å². The molecular formula is C20H16Cl3N2O3S+. The fraction of sp³-hybridized carbons (Fsp3) is 0.0500. The van der Waals surface area contributed by atoms with Gasteiger partial charge in [-0.15, -0.1) is 0 Å². The fourth-order valence-corrected chi connectivity index (χ4v) is 4.18. The number of benzene rings is 3. The maximum Gasteiger partial charge on any atom is 0.328 e. The number of phenolic OH excluding ortho intramolecular Hbond substituents is 1. The summed E-state index contributed by atoms with van der Waals surface area (Å²) in [5.74, 6) is -0.212. The summed E-state index contributed by atoms with van der Waals surface area (Å²) < 4.78 is 28.3. The number of nitrogens with one attached hydrogen (secondary N) is 2. The van der Waals surface area contributed by atoms with Crippen LogP contribution < -0.4 is 9.71 Å². The summed E-state index contributed by atoms with van der Waals surface area (Å²) >= 11 is 18.2. The monoisotopic (exact) mass is 469 g/mol. The van der Waals surface area contributed by atoms with Gasteiger partial charge in [0, 0.05) is 6.07 Å². The van der Waals surface area contributed by atoms with E-state index in [1.807, 2.05) is 6.92 Å². The number of halogens is 3. The lowest BCUT2D eigenvalue weighted by Crippen LogP contribution is -2.78. The Labute approximate surface area is 183 Å². The topological polar surface area (TPSA) is 80.4 Å². The number of hydrogen-bond acceptors (Lipinski definition) is 3. The second-order valence-corrected chi connectivity index (χ2v) is 9.01. The van der Waals surface area contributed by atoms with Crippen LogP contribution in [0.15, 0.2) is 65.6 Å². The normalized spacial score (nSPS) is 12.1. The molecule has 3 rings (SSSR count). The number of aryl methyl sites for hydroxylation is 1. The number of phenols is 1. The van der Waals surface area contributed by atoms with E-state index in [0.717, 1.165) is 5.56 Å². The Bertz CT molecular complexity index is 1180. The Kier molecular flexibility index (Phi) is 6.39. The van der Waals surface area contributed by atoms with Crippen molar-refractivity contribution in [2.75, 3.05) is 5.32 Å². The zero-order valence-electron chi connectivity index (χ0n) is 15.1. The van der Waals surface area contributed by atoms with E-state index in [0.29, 0.717) is 5.56 Å². The molecule has 0 aliphatic carbocycles. The van der Waals surface area contributed by atoms with Crippen LogP contribution in [0, 0.1) is 6.92 Å². The van der Waals surface area contributed by atoms with Crippen LogP contribution in [0.2, 0.25) is 15.1 Å². The molecule has 5 nitrogen and oxygen atoms in total. The molecule has 0 saturated heterocycles. The van der Waals surface area contributed by atoms with Gasteiger partial charge in [-0.3, -0.25) is 0 Å². The smallest absolute Gasteiger partial charge is 0.328 e. The van der Waals surface area contributed by atoms with E-state index in [1.54, 1.807) is 42.5 Å². The minimum Gasteiger partial charge on any atom is -0.505 e. The molecule has 0 spiro atoms. The largest absolute Gasteiger partial charge is 0.505 e. The van der Waals surface area contributed by atoms with Crippen molar-refractivity contribution < 1.29 is 17.9 Å². The molecule has 0 aliphatic rings. The van der Waals surface area contributed by atoms with Crippen LogP contribution in [0.25, 0.3) is 0 Å². The summed E-state index contributed by atoms with van der Waals surface area (Å²) in [6, 6.07) is 16.6. The minimum absolute atomic E-state index is 0.00321. The molecule has 0 atom stereocenters.